The second-order valence-corrected chi connectivity index (χ2v) is 3.71. The molecule has 0 aromatic heterocycles. The maximum Gasteiger partial charge on any atom is 0.0884 e. The zero-order chi connectivity index (χ0) is 10.4. The van der Waals surface area contributed by atoms with E-state index in [1.165, 1.54) is 0 Å². The molecule has 0 aliphatic rings. The summed E-state index contributed by atoms with van der Waals surface area (Å²) in [6.07, 6.45) is 1.30. The summed E-state index contributed by atoms with van der Waals surface area (Å²) in [5.41, 5.74) is 1.74. The second kappa shape index (κ2) is 5.61. The van der Waals surface area contributed by atoms with Crippen molar-refractivity contribution in [2.24, 2.45) is 5.92 Å². The van der Waals surface area contributed by atoms with Crippen molar-refractivity contribution in [1.29, 1.82) is 0 Å². The lowest BCUT2D eigenvalue weighted by molar-refractivity contribution is 0.165. The first-order valence-electron chi connectivity index (χ1n) is 4.47. The van der Waals surface area contributed by atoms with E-state index in [0.29, 0.717) is 5.57 Å². The maximum atomic E-state index is 9.54. The van der Waals surface area contributed by atoms with Crippen LogP contribution in [0.15, 0.2) is 23.8 Å². The normalized spacial score (nSPS) is 11.5. The van der Waals surface area contributed by atoms with E-state index in [4.69, 9.17) is 0 Å². The van der Waals surface area contributed by atoms with Crippen molar-refractivity contribution in [2.45, 2.75) is 33.8 Å². The summed E-state index contributed by atoms with van der Waals surface area (Å²) in [6, 6.07) is 0. The molecule has 0 aromatic rings. The molecule has 0 aliphatic carbocycles. The average molecular weight is 178 g/mol. The molecule has 0 spiro atoms. The standard InChI is InChI=1S/C12H18O/c1-9(2)7-6-8-11(5)12(13)10(3)4/h7,10,12-13H,5H2,1-4H3. The molecule has 0 bridgehead atoms. The molecule has 72 valence electrons. The first kappa shape index (κ1) is 12.0. The van der Waals surface area contributed by atoms with Gasteiger partial charge in [0, 0.05) is 5.57 Å². The number of aliphatic hydroxyl groups excluding tert-OH is 1. The summed E-state index contributed by atoms with van der Waals surface area (Å²) in [5.74, 6) is 5.85. The van der Waals surface area contributed by atoms with E-state index in [1.54, 1.807) is 0 Å². The number of hydrogen-bond acceptors (Lipinski definition) is 1. The molecule has 13 heavy (non-hydrogen) atoms. The Labute approximate surface area is 81.2 Å². The molecule has 0 rings (SSSR count). The van der Waals surface area contributed by atoms with Crippen LogP contribution in [-0.4, -0.2) is 11.2 Å². The van der Waals surface area contributed by atoms with Gasteiger partial charge in [0.1, 0.15) is 0 Å². The molecular weight excluding hydrogens is 160 g/mol. The van der Waals surface area contributed by atoms with Crippen LogP contribution in [0.25, 0.3) is 0 Å². The van der Waals surface area contributed by atoms with Crippen LogP contribution < -0.4 is 0 Å². The summed E-state index contributed by atoms with van der Waals surface area (Å²) >= 11 is 0. The van der Waals surface area contributed by atoms with Crippen molar-refractivity contribution >= 4 is 0 Å². The minimum absolute atomic E-state index is 0.175. The van der Waals surface area contributed by atoms with Gasteiger partial charge in [-0.3, -0.25) is 0 Å². The molecular formula is C12H18O. The topological polar surface area (TPSA) is 20.2 Å². The van der Waals surface area contributed by atoms with Gasteiger partial charge in [0.15, 0.2) is 0 Å². The molecule has 0 radical (unpaired) electrons. The number of rotatable bonds is 2. The van der Waals surface area contributed by atoms with Crippen LogP contribution in [0.2, 0.25) is 0 Å². The Morgan fingerprint density at radius 1 is 1.38 bits per heavy atom. The van der Waals surface area contributed by atoms with E-state index in [2.05, 4.69) is 18.4 Å². The Kier molecular flexibility index (Phi) is 5.18. The third-order valence-electron chi connectivity index (χ3n) is 1.58. The van der Waals surface area contributed by atoms with E-state index in [1.807, 2.05) is 33.8 Å². The Morgan fingerprint density at radius 3 is 2.31 bits per heavy atom. The summed E-state index contributed by atoms with van der Waals surface area (Å²) in [6.45, 7) is 11.6. The predicted octanol–water partition coefficient (Wildman–Crippen LogP) is 2.53. The van der Waals surface area contributed by atoms with Gasteiger partial charge in [-0.2, -0.15) is 0 Å². The van der Waals surface area contributed by atoms with Crippen LogP contribution in [0, 0.1) is 17.8 Å². The third kappa shape index (κ3) is 5.27. The van der Waals surface area contributed by atoms with E-state index in [0.717, 1.165) is 5.57 Å². The van der Waals surface area contributed by atoms with Gasteiger partial charge in [0.05, 0.1) is 6.10 Å². The highest BCUT2D eigenvalue weighted by molar-refractivity contribution is 5.34. The lowest BCUT2D eigenvalue weighted by Crippen LogP contribution is -2.15. The fourth-order valence-corrected chi connectivity index (χ4v) is 0.749. The number of hydrogen-bond donors (Lipinski definition) is 1. The van der Waals surface area contributed by atoms with Gasteiger partial charge >= 0.3 is 0 Å². The fraction of sp³-hybridized carbons (Fsp3) is 0.500. The van der Waals surface area contributed by atoms with Crippen LogP contribution in [0.4, 0.5) is 0 Å². The molecule has 1 heteroatoms. The molecule has 0 aromatic carbocycles. The van der Waals surface area contributed by atoms with Crippen LogP contribution in [0.3, 0.4) is 0 Å². The first-order valence-corrected chi connectivity index (χ1v) is 4.47. The summed E-state index contributed by atoms with van der Waals surface area (Å²) in [5, 5.41) is 9.54. The lowest BCUT2D eigenvalue weighted by Gasteiger charge is -2.12. The van der Waals surface area contributed by atoms with Gasteiger partial charge in [-0.05, 0) is 25.8 Å². The van der Waals surface area contributed by atoms with Crippen molar-refractivity contribution in [3.05, 3.63) is 23.8 Å². The SMILES string of the molecule is C=C(C#CC=C(C)C)C(O)C(C)C. The van der Waals surface area contributed by atoms with Crippen molar-refractivity contribution < 1.29 is 5.11 Å². The molecule has 1 unspecified atom stereocenters. The molecule has 1 atom stereocenters. The van der Waals surface area contributed by atoms with E-state index >= 15 is 0 Å². The maximum absolute atomic E-state index is 9.54. The summed E-state index contributed by atoms with van der Waals surface area (Å²) < 4.78 is 0. The van der Waals surface area contributed by atoms with Crippen molar-refractivity contribution in [3.8, 4) is 11.8 Å². The van der Waals surface area contributed by atoms with Gasteiger partial charge in [-0.25, -0.2) is 0 Å². The first-order chi connectivity index (χ1) is 5.95. The Morgan fingerprint density at radius 2 is 1.92 bits per heavy atom. The Balaban J connectivity index is 4.28. The van der Waals surface area contributed by atoms with Crippen molar-refractivity contribution in [2.75, 3.05) is 0 Å². The van der Waals surface area contributed by atoms with E-state index in [9.17, 15) is 5.11 Å². The van der Waals surface area contributed by atoms with Gasteiger partial charge in [0.25, 0.3) is 0 Å². The molecule has 1 nitrogen and oxygen atoms in total. The zero-order valence-corrected chi connectivity index (χ0v) is 8.89. The van der Waals surface area contributed by atoms with Gasteiger partial charge in [0.2, 0.25) is 0 Å². The molecule has 0 fully saturated rings. The van der Waals surface area contributed by atoms with Gasteiger partial charge in [-0.15, -0.1) is 0 Å². The van der Waals surface area contributed by atoms with Gasteiger partial charge in [-0.1, -0.05) is 37.8 Å². The number of allylic oxidation sites excluding steroid dienone is 2. The fourth-order valence-electron chi connectivity index (χ4n) is 0.749. The Hall–Kier alpha value is -1.00. The van der Waals surface area contributed by atoms with Gasteiger partial charge < -0.3 is 5.11 Å². The monoisotopic (exact) mass is 178 g/mol. The highest BCUT2D eigenvalue weighted by atomic mass is 16.3. The molecule has 0 heterocycles. The molecule has 1 N–H and O–H groups in total. The average Bonchev–Trinajstić information content (AvgIpc) is 2.02. The summed E-state index contributed by atoms with van der Waals surface area (Å²) in [7, 11) is 0. The predicted molar refractivity (Wildman–Crippen MR) is 57.2 cm³/mol. The smallest absolute Gasteiger partial charge is 0.0884 e. The molecule has 0 saturated heterocycles. The minimum atomic E-state index is -0.516. The third-order valence-corrected chi connectivity index (χ3v) is 1.58. The molecule has 0 amide bonds. The largest absolute Gasteiger partial charge is 0.388 e. The lowest BCUT2D eigenvalue weighted by atomic mass is 10.0. The molecule has 0 saturated carbocycles. The van der Waals surface area contributed by atoms with Crippen LogP contribution in [0.1, 0.15) is 27.7 Å². The second-order valence-electron chi connectivity index (χ2n) is 3.71. The van der Waals surface area contributed by atoms with Crippen molar-refractivity contribution in [1.82, 2.24) is 0 Å². The van der Waals surface area contributed by atoms with E-state index < -0.39 is 6.10 Å². The zero-order valence-electron chi connectivity index (χ0n) is 8.89. The highest BCUT2D eigenvalue weighted by Gasteiger charge is 2.10. The number of aliphatic hydroxyl groups is 1. The summed E-state index contributed by atoms with van der Waals surface area (Å²) in [4.78, 5) is 0. The van der Waals surface area contributed by atoms with Crippen LogP contribution in [0.5, 0.6) is 0 Å². The minimum Gasteiger partial charge on any atom is -0.388 e. The van der Waals surface area contributed by atoms with Crippen LogP contribution in [-0.2, 0) is 0 Å². The molecule has 0 aliphatic heterocycles. The Bertz CT molecular complexity index is 257. The quantitative estimate of drug-likeness (QED) is 0.644. The van der Waals surface area contributed by atoms with Crippen molar-refractivity contribution in [3.63, 3.8) is 0 Å². The van der Waals surface area contributed by atoms with Crippen LogP contribution >= 0.6 is 0 Å². The highest BCUT2D eigenvalue weighted by Crippen LogP contribution is 2.08. The van der Waals surface area contributed by atoms with E-state index in [-0.39, 0.29) is 5.92 Å².